The normalized spacial score (nSPS) is 12.0. The molecule has 2 nitrogen and oxygen atoms in total. The first-order valence-corrected chi connectivity index (χ1v) is 11.3. The lowest BCUT2D eigenvalue weighted by atomic mass is 9.87. The first-order valence-electron chi connectivity index (χ1n) is 10.2. The van der Waals surface area contributed by atoms with Crippen LogP contribution in [0.15, 0.2) is 65.1 Å². The third-order valence-corrected chi connectivity index (χ3v) is 6.17. The lowest BCUT2D eigenvalue weighted by Gasteiger charge is -2.20. The smallest absolute Gasteiger partial charge is 0.0646 e. The van der Waals surface area contributed by atoms with Crippen LogP contribution in [-0.4, -0.2) is 0 Å². The molecule has 0 aliphatic heterocycles. The number of hydrogen-bond donors (Lipinski definition) is 2. The Labute approximate surface area is 194 Å². The fourth-order valence-corrected chi connectivity index (χ4v) is 3.83. The van der Waals surface area contributed by atoms with Gasteiger partial charge in [0.15, 0.2) is 0 Å². The molecule has 0 amide bonds. The number of hydrogen-bond acceptors (Lipinski definition) is 2. The van der Waals surface area contributed by atoms with Crippen molar-refractivity contribution in [2.24, 2.45) is 0 Å². The summed E-state index contributed by atoms with van der Waals surface area (Å²) in [4.78, 5) is 0. The predicted molar refractivity (Wildman–Crippen MR) is 136 cm³/mol. The van der Waals surface area contributed by atoms with Crippen LogP contribution in [0.25, 0.3) is 0 Å². The first-order chi connectivity index (χ1) is 13.9. The van der Waals surface area contributed by atoms with E-state index in [9.17, 15) is 0 Å². The number of benzene rings is 3. The Balaban J connectivity index is 1.83. The summed E-state index contributed by atoms with van der Waals surface area (Å²) >= 11 is 10.2. The molecule has 0 atom stereocenters. The SMILES string of the molecule is CC(C)(C)c1ccc(Nc2cc(Cl)cc(Nc3ccc(C(C)(C)C)cc3)c2Br)cc1. The van der Waals surface area contributed by atoms with Crippen molar-refractivity contribution in [3.63, 3.8) is 0 Å². The molecule has 2 N–H and O–H groups in total. The van der Waals surface area contributed by atoms with E-state index in [-0.39, 0.29) is 10.8 Å². The monoisotopic (exact) mass is 484 g/mol. The van der Waals surface area contributed by atoms with Crippen molar-refractivity contribution in [3.8, 4) is 0 Å². The molecule has 3 rings (SSSR count). The van der Waals surface area contributed by atoms with Gasteiger partial charge in [0, 0.05) is 16.4 Å². The lowest BCUT2D eigenvalue weighted by molar-refractivity contribution is 0.590. The standard InChI is InChI=1S/C26H30BrClN2/c1-25(2,3)17-7-11-20(12-8-17)29-22-15-19(28)16-23(24(22)27)30-21-13-9-18(10-14-21)26(4,5)6/h7-16,29-30H,1-6H3. The molecule has 4 heteroatoms. The quantitative estimate of drug-likeness (QED) is 0.385. The molecule has 0 saturated carbocycles. The lowest BCUT2D eigenvalue weighted by Crippen LogP contribution is -2.10. The summed E-state index contributed by atoms with van der Waals surface area (Å²) in [5, 5.41) is 7.62. The van der Waals surface area contributed by atoms with Gasteiger partial charge in [-0.3, -0.25) is 0 Å². The maximum Gasteiger partial charge on any atom is 0.0646 e. The van der Waals surface area contributed by atoms with Gasteiger partial charge >= 0.3 is 0 Å². The zero-order chi connectivity index (χ0) is 22.1. The van der Waals surface area contributed by atoms with Gasteiger partial charge in [0.05, 0.1) is 15.8 Å². The van der Waals surface area contributed by atoms with Gasteiger partial charge in [-0.2, -0.15) is 0 Å². The number of halogens is 2. The number of rotatable bonds is 4. The van der Waals surface area contributed by atoms with Gasteiger partial charge < -0.3 is 10.6 Å². The third kappa shape index (κ3) is 5.59. The summed E-state index contributed by atoms with van der Waals surface area (Å²) in [7, 11) is 0. The Hall–Kier alpha value is -1.97. The van der Waals surface area contributed by atoms with E-state index in [4.69, 9.17) is 11.6 Å². The molecular weight excluding hydrogens is 456 g/mol. The summed E-state index contributed by atoms with van der Waals surface area (Å²) in [6, 6.07) is 20.9. The highest BCUT2D eigenvalue weighted by Crippen LogP contribution is 2.38. The summed E-state index contributed by atoms with van der Waals surface area (Å²) in [6.07, 6.45) is 0. The Bertz CT molecular complexity index is 930. The molecule has 0 aliphatic rings. The first kappa shape index (κ1) is 22.7. The van der Waals surface area contributed by atoms with Crippen molar-refractivity contribution in [1.29, 1.82) is 0 Å². The summed E-state index contributed by atoms with van der Waals surface area (Å²) in [5.41, 5.74) is 6.75. The average Bonchev–Trinajstić information content (AvgIpc) is 2.65. The van der Waals surface area contributed by atoms with E-state index >= 15 is 0 Å². The highest BCUT2D eigenvalue weighted by molar-refractivity contribution is 9.10. The van der Waals surface area contributed by atoms with E-state index in [0.717, 1.165) is 27.2 Å². The van der Waals surface area contributed by atoms with Crippen LogP contribution in [-0.2, 0) is 10.8 Å². The molecule has 0 heterocycles. The van der Waals surface area contributed by atoms with Crippen molar-refractivity contribution in [1.82, 2.24) is 0 Å². The average molecular weight is 486 g/mol. The molecule has 158 valence electrons. The van der Waals surface area contributed by atoms with Crippen LogP contribution in [0, 0.1) is 0 Å². The van der Waals surface area contributed by atoms with E-state index in [1.807, 2.05) is 12.1 Å². The minimum atomic E-state index is 0.134. The van der Waals surface area contributed by atoms with Crippen LogP contribution in [0.1, 0.15) is 52.7 Å². The second kappa shape index (κ2) is 8.64. The van der Waals surface area contributed by atoms with Crippen LogP contribution in [0.4, 0.5) is 22.7 Å². The summed E-state index contributed by atoms with van der Waals surface area (Å²) in [6.45, 7) is 13.3. The maximum atomic E-state index is 6.42. The Morgan fingerprint density at radius 3 is 1.27 bits per heavy atom. The second-order valence-corrected chi connectivity index (χ2v) is 10.9. The molecule has 3 aromatic carbocycles. The molecule has 0 saturated heterocycles. The fourth-order valence-electron chi connectivity index (χ4n) is 3.19. The van der Waals surface area contributed by atoms with E-state index in [2.05, 4.69) is 117 Å². The molecule has 0 fully saturated rings. The van der Waals surface area contributed by atoms with Gasteiger partial charge in [-0.15, -0.1) is 0 Å². The molecule has 30 heavy (non-hydrogen) atoms. The fraction of sp³-hybridized carbons (Fsp3) is 0.308. The van der Waals surface area contributed by atoms with Gasteiger partial charge in [-0.25, -0.2) is 0 Å². The van der Waals surface area contributed by atoms with Gasteiger partial charge in [-0.1, -0.05) is 77.4 Å². The Kier molecular flexibility index (Phi) is 6.54. The van der Waals surface area contributed by atoms with Crippen molar-refractivity contribution < 1.29 is 0 Å². The number of anilines is 4. The Morgan fingerprint density at radius 1 is 0.633 bits per heavy atom. The predicted octanol–water partition coefficient (Wildman–Crippen LogP) is 9.18. The van der Waals surface area contributed by atoms with Gasteiger partial charge in [0.25, 0.3) is 0 Å². The van der Waals surface area contributed by atoms with Crippen LogP contribution in [0.5, 0.6) is 0 Å². The van der Waals surface area contributed by atoms with E-state index in [0.29, 0.717) is 5.02 Å². The highest BCUT2D eigenvalue weighted by atomic mass is 79.9. The second-order valence-electron chi connectivity index (χ2n) is 9.72. The summed E-state index contributed by atoms with van der Waals surface area (Å²) < 4.78 is 0.937. The number of nitrogens with one attached hydrogen (secondary N) is 2. The zero-order valence-electron chi connectivity index (χ0n) is 18.5. The molecule has 0 aromatic heterocycles. The zero-order valence-corrected chi connectivity index (χ0v) is 20.9. The molecule has 0 aliphatic carbocycles. The Morgan fingerprint density at radius 2 is 0.967 bits per heavy atom. The van der Waals surface area contributed by atoms with Gasteiger partial charge in [0.1, 0.15) is 0 Å². The van der Waals surface area contributed by atoms with Crippen LogP contribution >= 0.6 is 27.5 Å². The molecule has 3 aromatic rings. The van der Waals surface area contributed by atoms with Crippen molar-refractivity contribution in [2.75, 3.05) is 10.6 Å². The van der Waals surface area contributed by atoms with E-state index < -0.39 is 0 Å². The van der Waals surface area contributed by atoms with Crippen molar-refractivity contribution >= 4 is 50.3 Å². The molecular formula is C26H30BrClN2. The highest BCUT2D eigenvalue weighted by Gasteiger charge is 2.15. The minimum absolute atomic E-state index is 0.134. The van der Waals surface area contributed by atoms with Crippen LogP contribution < -0.4 is 10.6 Å². The van der Waals surface area contributed by atoms with Gasteiger partial charge in [0.2, 0.25) is 0 Å². The maximum absolute atomic E-state index is 6.42. The molecule has 0 spiro atoms. The molecule has 0 unspecified atom stereocenters. The van der Waals surface area contributed by atoms with E-state index in [1.165, 1.54) is 11.1 Å². The van der Waals surface area contributed by atoms with Crippen LogP contribution in [0.2, 0.25) is 5.02 Å². The molecule has 0 radical (unpaired) electrons. The third-order valence-electron chi connectivity index (χ3n) is 5.10. The van der Waals surface area contributed by atoms with E-state index in [1.54, 1.807) is 0 Å². The van der Waals surface area contributed by atoms with Crippen molar-refractivity contribution in [2.45, 2.75) is 52.4 Å². The largest absolute Gasteiger partial charge is 0.354 e. The van der Waals surface area contributed by atoms with Gasteiger partial charge in [-0.05, 0) is 74.3 Å². The molecule has 0 bridgehead atoms. The van der Waals surface area contributed by atoms with Crippen LogP contribution in [0.3, 0.4) is 0 Å². The summed E-state index contributed by atoms with van der Waals surface area (Å²) in [5.74, 6) is 0. The topological polar surface area (TPSA) is 24.1 Å². The minimum Gasteiger partial charge on any atom is -0.354 e. The van der Waals surface area contributed by atoms with Crippen molar-refractivity contribution in [3.05, 3.63) is 81.3 Å².